The normalized spacial score (nSPS) is 11.4. The van der Waals surface area contributed by atoms with Crippen LogP contribution < -0.4 is 0 Å². The van der Waals surface area contributed by atoms with Crippen molar-refractivity contribution in [2.75, 3.05) is 0 Å². The number of nitrogens with zero attached hydrogens (tertiary/aromatic N) is 3. The Morgan fingerprint density at radius 1 is 1.26 bits per heavy atom. The molecule has 3 rings (SSSR count). The summed E-state index contributed by atoms with van der Waals surface area (Å²) in [6.45, 7) is 4.27. The molecule has 1 aromatic heterocycles. The van der Waals surface area contributed by atoms with Crippen molar-refractivity contribution in [2.24, 2.45) is 0 Å². The van der Waals surface area contributed by atoms with Gasteiger partial charge < -0.3 is 0 Å². The topological polar surface area (TPSA) is 79.8 Å². The molecule has 0 unspecified atom stereocenters. The van der Waals surface area contributed by atoms with Crippen LogP contribution in [0, 0.1) is 21.4 Å². The maximum Gasteiger partial charge on any atom is 0.270 e. The molecule has 0 radical (unpaired) electrons. The summed E-state index contributed by atoms with van der Waals surface area (Å²) in [7, 11) is 0. The molecule has 1 heterocycles. The Morgan fingerprint density at radius 3 is 2.63 bits per heavy atom. The van der Waals surface area contributed by atoms with Crippen LogP contribution in [0.1, 0.15) is 35.9 Å². The highest BCUT2D eigenvalue weighted by Crippen LogP contribution is 2.29. The van der Waals surface area contributed by atoms with E-state index in [0.29, 0.717) is 27.8 Å². The first-order chi connectivity index (χ1) is 13.0. The van der Waals surface area contributed by atoms with Crippen LogP contribution in [0.2, 0.25) is 0 Å². The third-order valence-corrected chi connectivity index (χ3v) is 5.00. The molecule has 0 bridgehead atoms. The van der Waals surface area contributed by atoms with Crippen LogP contribution >= 0.6 is 11.3 Å². The van der Waals surface area contributed by atoms with Crippen molar-refractivity contribution in [1.29, 1.82) is 5.26 Å². The van der Waals surface area contributed by atoms with Crippen molar-refractivity contribution >= 4 is 28.7 Å². The maximum atomic E-state index is 10.9. The van der Waals surface area contributed by atoms with E-state index in [4.69, 9.17) is 0 Å². The van der Waals surface area contributed by atoms with Gasteiger partial charge in [-0.3, -0.25) is 10.1 Å². The summed E-state index contributed by atoms with van der Waals surface area (Å²) in [5.41, 5.74) is 3.94. The first-order valence-corrected chi connectivity index (χ1v) is 9.28. The number of allylic oxidation sites excluding steroid dienone is 1. The number of nitro groups is 1. The largest absolute Gasteiger partial charge is 0.270 e. The van der Waals surface area contributed by atoms with Gasteiger partial charge in [0.15, 0.2) is 0 Å². The van der Waals surface area contributed by atoms with Crippen LogP contribution in [-0.4, -0.2) is 9.91 Å². The van der Waals surface area contributed by atoms with Gasteiger partial charge in [-0.05, 0) is 23.1 Å². The molecule has 27 heavy (non-hydrogen) atoms. The summed E-state index contributed by atoms with van der Waals surface area (Å²) in [6, 6.07) is 16.6. The average Bonchev–Trinajstić information content (AvgIpc) is 3.16. The summed E-state index contributed by atoms with van der Waals surface area (Å²) >= 11 is 1.35. The third-order valence-electron chi connectivity index (χ3n) is 4.12. The molecule has 0 fully saturated rings. The average molecular weight is 375 g/mol. The highest BCUT2D eigenvalue weighted by Gasteiger charge is 2.12. The van der Waals surface area contributed by atoms with E-state index < -0.39 is 4.92 Å². The monoisotopic (exact) mass is 375 g/mol. The van der Waals surface area contributed by atoms with Gasteiger partial charge in [0.2, 0.25) is 0 Å². The second kappa shape index (κ2) is 7.94. The number of aromatic nitrogens is 1. The van der Waals surface area contributed by atoms with Crippen LogP contribution in [0.3, 0.4) is 0 Å². The molecular formula is C21H17N3O2S. The lowest BCUT2D eigenvalue weighted by molar-refractivity contribution is -0.384. The second-order valence-corrected chi connectivity index (χ2v) is 7.19. The number of hydrogen-bond acceptors (Lipinski definition) is 5. The molecule has 134 valence electrons. The quantitative estimate of drug-likeness (QED) is 0.315. The minimum Gasteiger partial charge on any atom is -0.258 e. The van der Waals surface area contributed by atoms with Gasteiger partial charge in [-0.15, -0.1) is 11.3 Å². The Kier molecular flexibility index (Phi) is 5.43. The van der Waals surface area contributed by atoms with Gasteiger partial charge in [-0.25, -0.2) is 4.98 Å². The van der Waals surface area contributed by atoms with E-state index in [2.05, 4.69) is 37.0 Å². The fourth-order valence-electron chi connectivity index (χ4n) is 2.59. The fourth-order valence-corrected chi connectivity index (χ4v) is 3.39. The summed E-state index contributed by atoms with van der Waals surface area (Å²) in [5, 5.41) is 22.9. The van der Waals surface area contributed by atoms with E-state index in [9.17, 15) is 15.4 Å². The first kappa shape index (κ1) is 18.5. The Hall–Kier alpha value is -3.30. The molecule has 6 heteroatoms. The van der Waals surface area contributed by atoms with Crippen molar-refractivity contribution < 1.29 is 4.92 Å². The molecule has 0 amide bonds. The molecule has 0 N–H and O–H groups in total. The molecule has 0 aliphatic carbocycles. The number of benzene rings is 2. The van der Waals surface area contributed by atoms with Gasteiger partial charge in [0.05, 0.1) is 16.2 Å². The van der Waals surface area contributed by atoms with Gasteiger partial charge in [0.1, 0.15) is 11.1 Å². The van der Waals surface area contributed by atoms with Crippen molar-refractivity contribution in [2.45, 2.75) is 19.8 Å². The minimum absolute atomic E-state index is 0.0170. The predicted molar refractivity (Wildman–Crippen MR) is 108 cm³/mol. The third kappa shape index (κ3) is 4.27. The molecule has 5 nitrogen and oxygen atoms in total. The zero-order valence-electron chi connectivity index (χ0n) is 14.9. The molecule has 0 saturated carbocycles. The number of non-ortho nitro benzene ring substituents is 1. The van der Waals surface area contributed by atoms with Gasteiger partial charge in [0.25, 0.3) is 5.69 Å². The maximum absolute atomic E-state index is 10.9. The van der Waals surface area contributed by atoms with E-state index in [0.717, 1.165) is 5.56 Å². The highest BCUT2D eigenvalue weighted by atomic mass is 32.1. The lowest BCUT2D eigenvalue weighted by Gasteiger charge is -2.04. The lowest BCUT2D eigenvalue weighted by atomic mass is 10.0. The van der Waals surface area contributed by atoms with E-state index in [1.165, 1.54) is 29.0 Å². The number of nitro benzene ring substituents is 1. The number of thiazole rings is 1. The molecule has 0 aliphatic rings. The summed E-state index contributed by atoms with van der Waals surface area (Å²) < 4.78 is 0. The molecule has 0 saturated heterocycles. The number of rotatable bonds is 5. The van der Waals surface area contributed by atoms with Gasteiger partial charge >= 0.3 is 0 Å². The van der Waals surface area contributed by atoms with Crippen LogP contribution in [0.25, 0.3) is 22.9 Å². The van der Waals surface area contributed by atoms with Gasteiger partial charge in [0, 0.05) is 23.1 Å². The van der Waals surface area contributed by atoms with Crippen molar-refractivity contribution in [3.05, 3.63) is 80.2 Å². The molecule has 0 spiro atoms. The predicted octanol–water partition coefficient (Wildman–Crippen LogP) is 5.91. The van der Waals surface area contributed by atoms with Crippen molar-refractivity contribution in [1.82, 2.24) is 4.98 Å². The summed E-state index contributed by atoms with van der Waals surface area (Å²) in [6.07, 6.45) is 1.81. The zero-order valence-corrected chi connectivity index (χ0v) is 15.7. The first-order valence-electron chi connectivity index (χ1n) is 8.40. The molecule has 0 atom stereocenters. The van der Waals surface area contributed by atoms with Crippen LogP contribution in [-0.2, 0) is 0 Å². The van der Waals surface area contributed by atoms with E-state index in [1.54, 1.807) is 23.6 Å². The minimum atomic E-state index is -0.432. The lowest BCUT2D eigenvalue weighted by Crippen LogP contribution is -1.88. The Labute approximate surface area is 161 Å². The van der Waals surface area contributed by atoms with Gasteiger partial charge in [-0.1, -0.05) is 50.2 Å². The SMILES string of the molecule is CC(C)c1ccc(C=C(C#N)c2nc(-c3cccc([N+](=O)[O-])c3)cs2)cc1. The van der Waals surface area contributed by atoms with E-state index >= 15 is 0 Å². The number of nitriles is 1. The second-order valence-electron chi connectivity index (χ2n) is 6.34. The molecule has 2 aromatic carbocycles. The smallest absolute Gasteiger partial charge is 0.258 e. The fraction of sp³-hybridized carbons (Fsp3) is 0.143. The Balaban J connectivity index is 1.90. The van der Waals surface area contributed by atoms with Crippen molar-refractivity contribution in [3.63, 3.8) is 0 Å². The number of hydrogen-bond donors (Lipinski definition) is 0. The highest BCUT2D eigenvalue weighted by molar-refractivity contribution is 7.11. The van der Waals surface area contributed by atoms with Crippen LogP contribution in [0.15, 0.2) is 53.9 Å². The molecule has 3 aromatic rings. The summed E-state index contributed by atoms with van der Waals surface area (Å²) in [5.74, 6) is 0.454. The van der Waals surface area contributed by atoms with Crippen LogP contribution in [0.5, 0.6) is 0 Å². The van der Waals surface area contributed by atoms with Crippen molar-refractivity contribution in [3.8, 4) is 17.3 Å². The standard InChI is InChI=1S/C21H17N3O2S/c1-14(2)16-8-6-15(7-9-16)10-18(12-22)21-23-20(13-27-21)17-4-3-5-19(11-17)24(25)26/h3-11,13-14H,1-2H3. The van der Waals surface area contributed by atoms with E-state index in [1.807, 2.05) is 12.1 Å². The zero-order chi connectivity index (χ0) is 19.4. The van der Waals surface area contributed by atoms with Crippen LogP contribution in [0.4, 0.5) is 5.69 Å². The molecule has 0 aliphatic heterocycles. The molecular weight excluding hydrogens is 358 g/mol. The van der Waals surface area contributed by atoms with E-state index in [-0.39, 0.29) is 5.69 Å². The summed E-state index contributed by atoms with van der Waals surface area (Å²) in [4.78, 5) is 15.0. The Bertz CT molecular complexity index is 1040. The Morgan fingerprint density at radius 2 is 2.00 bits per heavy atom. The van der Waals surface area contributed by atoms with Gasteiger partial charge in [-0.2, -0.15) is 5.26 Å².